The van der Waals surface area contributed by atoms with Gasteiger partial charge < -0.3 is 20.1 Å². The van der Waals surface area contributed by atoms with Crippen molar-refractivity contribution in [3.05, 3.63) is 29.6 Å². The Labute approximate surface area is 123 Å². The van der Waals surface area contributed by atoms with Crippen LogP contribution in [-0.4, -0.2) is 45.4 Å². The van der Waals surface area contributed by atoms with Gasteiger partial charge in [0.2, 0.25) is 0 Å². The highest BCUT2D eigenvalue weighted by atomic mass is 19.1. The molecule has 0 spiro atoms. The van der Waals surface area contributed by atoms with Crippen LogP contribution in [0.1, 0.15) is 23.2 Å². The Morgan fingerprint density at radius 2 is 2.19 bits per heavy atom. The molecule has 0 aliphatic carbocycles. The van der Waals surface area contributed by atoms with Gasteiger partial charge in [-0.15, -0.1) is 0 Å². The summed E-state index contributed by atoms with van der Waals surface area (Å²) in [6.07, 6.45) is 2.23. The summed E-state index contributed by atoms with van der Waals surface area (Å²) in [5.41, 5.74) is 0.0117. The molecule has 1 aromatic rings. The second-order valence-corrected chi connectivity index (χ2v) is 4.92. The Hall–Kier alpha value is -1.66. The number of ether oxygens (including phenoxy) is 2. The number of amides is 1. The lowest BCUT2D eigenvalue weighted by atomic mass is 10.1. The van der Waals surface area contributed by atoms with E-state index in [2.05, 4.69) is 10.6 Å². The second-order valence-electron chi connectivity index (χ2n) is 4.92. The molecule has 0 atom stereocenters. The van der Waals surface area contributed by atoms with Gasteiger partial charge in [-0.2, -0.15) is 0 Å². The maximum absolute atomic E-state index is 13.7. The zero-order valence-electron chi connectivity index (χ0n) is 12.2. The minimum Gasteiger partial charge on any atom is -0.497 e. The highest BCUT2D eigenvalue weighted by Crippen LogP contribution is 2.16. The summed E-state index contributed by atoms with van der Waals surface area (Å²) in [6, 6.07) is 4.17. The van der Waals surface area contributed by atoms with Crippen LogP contribution in [0.15, 0.2) is 18.2 Å². The second kappa shape index (κ2) is 7.95. The summed E-state index contributed by atoms with van der Waals surface area (Å²) in [5, 5.41) is 5.92. The molecule has 1 aliphatic rings. The molecule has 1 heterocycles. The maximum atomic E-state index is 13.7. The number of rotatable bonds is 6. The first-order valence-electron chi connectivity index (χ1n) is 7.15. The molecule has 0 saturated carbocycles. The molecule has 0 radical (unpaired) electrons. The van der Waals surface area contributed by atoms with E-state index in [9.17, 15) is 9.18 Å². The number of nitrogens with one attached hydrogen (secondary N) is 2. The van der Waals surface area contributed by atoms with Crippen LogP contribution >= 0.6 is 0 Å². The Bertz CT molecular complexity index is 476. The molecule has 116 valence electrons. The number of hydrogen-bond donors (Lipinski definition) is 2. The number of halogens is 1. The Kier molecular flexibility index (Phi) is 5.95. The number of benzene rings is 1. The predicted molar refractivity (Wildman–Crippen MR) is 77.1 cm³/mol. The minimum atomic E-state index is -0.592. The van der Waals surface area contributed by atoms with Crippen LogP contribution in [-0.2, 0) is 4.74 Å². The zero-order chi connectivity index (χ0) is 15.1. The third-order valence-electron chi connectivity index (χ3n) is 3.45. The van der Waals surface area contributed by atoms with Crippen LogP contribution in [0.3, 0.4) is 0 Å². The van der Waals surface area contributed by atoms with Crippen molar-refractivity contribution in [3.63, 3.8) is 0 Å². The van der Waals surface area contributed by atoms with Crippen LogP contribution in [0.4, 0.5) is 4.39 Å². The van der Waals surface area contributed by atoms with Crippen molar-refractivity contribution in [2.75, 3.05) is 33.4 Å². The van der Waals surface area contributed by atoms with Crippen LogP contribution < -0.4 is 15.4 Å². The first-order chi connectivity index (χ1) is 10.2. The molecule has 0 aromatic heterocycles. The third-order valence-corrected chi connectivity index (χ3v) is 3.45. The molecule has 1 saturated heterocycles. The number of piperidine rings is 1. The van der Waals surface area contributed by atoms with Gasteiger partial charge in [0, 0.05) is 12.6 Å². The van der Waals surface area contributed by atoms with Gasteiger partial charge >= 0.3 is 0 Å². The lowest BCUT2D eigenvalue weighted by Crippen LogP contribution is -2.35. The molecule has 6 heteroatoms. The first kappa shape index (κ1) is 15.7. The van der Waals surface area contributed by atoms with Crippen LogP contribution in [0.2, 0.25) is 0 Å². The van der Waals surface area contributed by atoms with Crippen LogP contribution in [0, 0.1) is 5.82 Å². The van der Waals surface area contributed by atoms with Crippen molar-refractivity contribution >= 4 is 5.91 Å². The van der Waals surface area contributed by atoms with E-state index in [1.807, 2.05) is 0 Å². The average Bonchev–Trinajstić information content (AvgIpc) is 2.52. The first-order valence-corrected chi connectivity index (χ1v) is 7.15. The van der Waals surface area contributed by atoms with Gasteiger partial charge in [0.1, 0.15) is 11.6 Å². The van der Waals surface area contributed by atoms with Gasteiger partial charge in [0.05, 0.1) is 25.4 Å². The quantitative estimate of drug-likeness (QED) is 0.778. The molecule has 2 rings (SSSR count). The van der Waals surface area contributed by atoms with Gasteiger partial charge in [0.25, 0.3) is 5.91 Å². The van der Waals surface area contributed by atoms with Gasteiger partial charge in [-0.1, -0.05) is 0 Å². The number of carbonyl (C=O) groups is 1. The highest BCUT2D eigenvalue weighted by Gasteiger charge is 2.14. The van der Waals surface area contributed by atoms with E-state index in [4.69, 9.17) is 9.47 Å². The summed E-state index contributed by atoms with van der Waals surface area (Å²) in [5.74, 6) is -0.645. The third kappa shape index (κ3) is 4.68. The van der Waals surface area contributed by atoms with Crippen molar-refractivity contribution in [1.29, 1.82) is 0 Å². The minimum absolute atomic E-state index is 0.0117. The van der Waals surface area contributed by atoms with Crippen molar-refractivity contribution in [2.24, 2.45) is 0 Å². The number of hydrogen-bond acceptors (Lipinski definition) is 4. The van der Waals surface area contributed by atoms with Crippen molar-refractivity contribution in [3.8, 4) is 5.75 Å². The van der Waals surface area contributed by atoms with E-state index in [0.717, 1.165) is 25.9 Å². The summed E-state index contributed by atoms with van der Waals surface area (Å²) in [4.78, 5) is 11.9. The molecule has 0 bridgehead atoms. The highest BCUT2D eigenvalue weighted by molar-refractivity contribution is 5.94. The van der Waals surface area contributed by atoms with E-state index in [0.29, 0.717) is 18.9 Å². The van der Waals surface area contributed by atoms with Crippen molar-refractivity contribution < 1.29 is 18.7 Å². The zero-order valence-corrected chi connectivity index (χ0v) is 12.2. The van der Waals surface area contributed by atoms with Crippen LogP contribution in [0.25, 0.3) is 0 Å². The average molecular weight is 296 g/mol. The molecule has 1 fully saturated rings. The van der Waals surface area contributed by atoms with E-state index in [1.165, 1.54) is 19.2 Å². The lowest BCUT2D eigenvalue weighted by Gasteiger charge is -2.22. The molecule has 2 N–H and O–H groups in total. The molecular weight excluding hydrogens is 275 g/mol. The smallest absolute Gasteiger partial charge is 0.254 e. The standard InChI is InChI=1S/C15H21FN2O3/c1-20-12-2-3-13(14(16)10-12)15(19)18-8-9-21-11-4-6-17-7-5-11/h2-3,10-11,17H,4-9H2,1H3,(H,18,19). The fraction of sp³-hybridized carbons (Fsp3) is 0.533. The lowest BCUT2D eigenvalue weighted by molar-refractivity contribution is 0.0343. The SMILES string of the molecule is COc1ccc(C(=O)NCCOC2CCNCC2)c(F)c1. The largest absolute Gasteiger partial charge is 0.497 e. The van der Waals surface area contributed by atoms with Crippen LogP contribution in [0.5, 0.6) is 5.75 Å². The van der Waals surface area contributed by atoms with E-state index in [-0.39, 0.29) is 11.7 Å². The number of methoxy groups -OCH3 is 1. The fourth-order valence-electron chi connectivity index (χ4n) is 2.25. The summed E-state index contributed by atoms with van der Waals surface area (Å²) < 4.78 is 24.3. The molecule has 21 heavy (non-hydrogen) atoms. The fourth-order valence-corrected chi connectivity index (χ4v) is 2.25. The van der Waals surface area contributed by atoms with Gasteiger partial charge in [-0.05, 0) is 38.1 Å². The maximum Gasteiger partial charge on any atom is 0.254 e. The summed E-state index contributed by atoms with van der Waals surface area (Å²) >= 11 is 0. The molecule has 5 nitrogen and oxygen atoms in total. The summed E-state index contributed by atoms with van der Waals surface area (Å²) in [7, 11) is 1.45. The Morgan fingerprint density at radius 3 is 2.86 bits per heavy atom. The van der Waals surface area contributed by atoms with Gasteiger partial charge in [-0.25, -0.2) is 4.39 Å². The molecular formula is C15H21FN2O3. The summed E-state index contributed by atoms with van der Waals surface area (Å²) in [6.45, 7) is 2.74. The Balaban J connectivity index is 1.74. The monoisotopic (exact) mass is 296 g/mol. The molecule has 0 unspecified atom stereocenters. The van der Waals surface area contributed by atoms with Gasteiger partial charge in [0.15, 0.2) is 0 Å². The molecule has 1 aromatic carbocycles. The Morgan fingerprint density at radius 1 is 1.43 bits per heavy atom. The van der Waals surface area contributed by atoms with Crippen molar-refractivity contribution in [2.45, 2.75) is 18.9 Å². The predicted octanol–water partition coefficient (Wildman–Crippen LogP) is 1.33. The molecule has 1 amide bonds. The molecule has 1 aliphatic heterocycles. The normalized spacial score (nSPS) is 15.7. The van der Waals surface area contributed by atoms with Gasteiger partial charge in [-0.3, -0.25) is 4.79 Å². The van der Waals surface area contributed by atoms with Crippen molar-refractivity contribution in [1.82, 2.24) is 10.6 Å². The number of carbonyl (C=O) groups excluding carboxylic acids is 1. The van der Waals surface area contributed by atoms with E-state index in [1.54, 1.807) is 6.07 Å². The van der Waals surface area contributed by atoms with E-state index >= 15 is 0 Å². The van der Waals surface area contributed by atoms with E-state index < -0.39 is 11.7 Å². The topological polar surface area (TPSA) is 59.6 Å².